The normalized spacial score (nSPS) is 17.3. The van der Waals surface area contributed by atoms with E-state index in [2.05, 4.69) is 6.08 Å². The van der Waals surface area contributed by atoms with Gasteiger partial charge in [0, 0.05) is 39.4 Å². The van der Waals surface area contributed by atoms with Crippen molar-refractivity contribution < 1.29 is 28.9 Å². The van der Waals surface area contributed by atoms with Crippen molar-refractivity contribution >= 4 is 12.0 Å². The van der Waals surface area contributed by atoms with Gasteiger partial charge in [-0.15, -0.1) is 0 Å². The number of aliphatic carboxylic acids is 1. The Morgan fingerprint density at radius 3 is 2.43 bits per heavy atom. The molecule has 1 aliphatic heterocycles. The Morgan fingerprint density at radius 2 is 1.70 bits per heavy atom. The van der Waals surface area contributed by atoms with Crippen molar-refractivity contribution in [2.75, 3.05) is 20.2 Å². The van der Waals surface area contributed by atoms with E-state index in [1.807, 2.05) is 105 Å². The molecule has 2 atom stereocenters. The standard InChI is InChI=1S/C36H40N2O6.C2H6/c1-36(34(39)40,44-32-14-8-5-9-15-32)24-27-17-19-30(20-18-27)42-22-21-29-26-38(35(41)37(29)2)25-28-11-10-16-33(23-28)43-31-12-6-3-4-7-13-31;1-2/h3,5-6,8-12,14-20,23,29H,4,7,13,21-22,24-26H2,1-2H3,(H,39,40);1-2H3/t29?,36-;/m0./s1. The van der Waals surface area contributed by atoms with E-state index >= 15 is 0 Å². The lowest BCUT2D eigenvalue weighted by Gasteiger charge is -2.26. The van der Waals surface area contributed by atoms with Gasteiger partial charge >= 0.3 is 12.0 Å². The second-order valence-corrected chi connectivity index (χ2v) is 11.5. The lowest BCUT2D eigenvalue weighted by molar-refractivity contribution is -0.153. The molecule has 8 heteroatoms. The van der Waals surface area contributed by atoms with Crippen LogP contribution >= 0.6 is 0 Å². The van der Waals surface area contributed by atoms with Crippen LogP contribution in [0.3, 0.4) is 0 Å². The molecule has 1 N–H and O–H groups in total. The number of amides is 2. The number of allylic oxidation sites excluding steroid dienone is 4. The number of nitrogens with zero attached hydrogens (tertiary/aromatic N) is 2. The molecule has 8 nitrogen and oxygen atoms in total. The molecule has 0 aromatic heterocycles. The van der Waals surface area contributed by atoms with Gasteiger partial charge in [0.2, 0.25) is 5.60 Å². The fraction of sp³-hybridized carbons (Fsp3) is 0.368. The summed E-state index contributed by atoms with van der Waals surface area (Å²) < 4.78 is 18.0. The monoisotopic (exact) mass is 626 g/mol. The van der Waals surface area contributed by atoms with E-state index < -0.39 is 11.6 Å². The van der Waals surface area contributed by atoms with Crippen molar-refractivity contribution in [2.24, 2.45) is 0 Å². The van der Waals surface area contributed by atoms with Crippen LogP contribution in [0.1, 0.15) is 57.6 Å². The average molecular weight is 627 g/mol. The first-order valence-electron chi connectivity index (χ1n) is 16.1. The summed E-state index contributed by atoms with van der Waals surface area (Å²) in [5.41, 5.74) is 0.444. The van der Waals surface area contributed by atoms with Crippen LogP contribution < -0.4 is 14.2 Å². The molecule has 3 aromatic rings. The number of carbonyl (C=O) groups is 2. The average Bonchev–Trinajstić information content (AvgIpc) is 3.21. The molecule has 0 radical (unpaired) electrons. The third kappa shape index (κ3) is 9.39. The number of ether oxygens (including phenoxy) is 3. The van der Waals surface area contributed by atoms with E-state index in [1.165, 1.54) is 0 Å². The van der Waals surface area contributed by atoms with Gasteiger partial charge in [0.05, 0.1) is 12.6 Å². The fourth-order valence-corrected chi connectivity index (χ4v) is 5.47. The minimum Gasteiger partial charge on any atom is -0.494 e. The van der Waals surface area contributed by atoms with Crippen LogP contribution in [-0.4, -0.2) is 58.7 Å². The molecule has 244 valence electrons. The van der Waals surface area contributed by atoms with E-state index in [9.17, 15) is 14.7 Å². The summed E-state index contributed by atoms with van der Waals surface area (Å²) in [6, 6.07) is 24.4. The quantitative estimate of drug-likeness (QED) is 0.208. The molecule has 1 aliphatic carbocycles. The number of carbonyl (C=O) groups excluding carboxylic acids is 1. The lowest BCUT2D eigenvalue weighted by Crippen LogP contribution is -2.43. The first-order chi connectivity index (χ1) is 22.3. The van der Waals surface area contributed by atoms with Crippen LogP contribution in [0.4, 0.5) is 4.79 Å². The van der Waals surface area contributed by atoms with Gasteiger partial charge < -0.3 is 29.1 Å². The zero-order valence-corrected chi connectivity index (χ0v) is 27.4. The molecule has 1 heterocycles. The summed E-state index contributed by atoms with van der Waals surface area (Å²) >= 11 is 0. The van der Waals surface area contributed by atoms with Crippen LogP contribution in [0.2, 0.25) is 0 Å². The summed E-state index contributed by atoms with van der Waals surface area (Å²) in [6.45, 7) is 7.16. The van der Waals surface area contributed by atoms with Crippen molar-refractivity contribution in [3.05, 3.63) is 114 Å². The minimum atomic E-state index is -1.41. The Balaban J connectivity index is 0.00000235. The van der Waals surface area contributed by atoms with Gasteiger partial charge in [-0.05, 0) is 73.4 Å². The molecule has 3 aromatic carbocycles. The predicted octanol–water partition coefficient (Wildman–Crippen LogP) is 7.89. The zero-order chi connectivity index (χ0) is 32.9. The van der Waals surface area contributed by atoms with Gasteiger partial charge in [-0.1, -0.05) is 68.5 Å². The van der Waals surface area contributed by atoms with Crippen LogP contribution in [0.5, 0.6) is 17.2 Å². The molecular formula is C38H46N2O6. The third-order valence-electron chi connectivity index (χ3n) is 8.01. The summed E-state index contributed by atoms with van der Waals surface area (Å²) in [5.74, 6) is 1.91. The Morgan fingerprint density at radius 1 is 0.957 bits per heavy atom. The van der Waals surface area contributed by atoms with Crippen molar-refractivity contribution in [3.63, 3.8) is 0 Å². The minimum absolute atomic E-state index is 0.00138. The highest BCUT2D eigenvalue weighted by Crippen LogP contribution is 2.26. The summed E-state index contributed by atoms with van der Waals surface area (Å²) in [5, 5.41) is 9.86. The van der Waals surface area contributed by atoms with Crippen LogP contribution in [0, 0.1) is 0 Å². The van der Waals surface area contributed by atoms with Gasteiger partial charge in [-0.3, -0.25) is 0 Å². The number of rotatable bonds is 13. The second kappa shape index (κ2) is 16.5. The van der Waals surface area contributed by atoms with Gasteiger partial charge in [-0.2, -0.15) is 0 Å². The number of likely N-dealkylation sites (N-methyl/N-ethyl adjacent to an activating group) is 1. The van der Waals surface area contributed by atoms with E-state index in [4.69, 9.17) is 14.2 Å². The Bertz CT molecular complexity index is 1490. The highest BCUT2D eigenvalue weighted by molar-refractivity contribution is 5.78. The molecule has 0 bridgehead atoms. The Labute approximate surface area is 272 Å². The number of para-hydroxylation sites is 1. The molecule has 1 unspecified atom stereocenters. The zero-order valence-electron chi connectivity index (χ0n) is 27.4. The lowest BCUT2D eigenvalue weighted by atomic mass is 9.96. The van der Waals surface area contributed by atoms with Gasteiger partial charge in [-0.25, -0.2) is 9.59 Å². The predicted molar refractivity (Wildman–Crippen MR) is 180 cm³/mol. The largest absolute Gasteiger partial charge is 0.494 e. The van der Waals surface area contributed by atoms with Crippen molar-refractivity contribution in [1.82, 2.24) is 9.80 Å². The number of carboxylic acid groups (broad SMARTS) is 1. The van der Waals surface area contributed by atoms with Crippen molar-refractivity contribution in [2.45, 2.75) is 71.1 Å². The highest BCUT2D eigenvalue weighted by Gasteiger charge is 2.36. The smallest absolute Gasteiger partial charge is 0.348 e. The molecule has 2 aliphatic rings. The number of urea groups is 1. The maximum Gasteiger partial charge on any atom is 0.348 e. The van der Waals surface area contributed by atoms with E-state index in [0.717, 1.165) is 41.9 Å². The van der Waals surface area contributed by atoms with E-state index in [0.29, 0.717) is 37.6 Å². The molecule has 5 rings (SSSR count). The van der Waals surface area contributed by atoms with Crippen LogP contribution in [-0.2, 0) is 17.8 Å². The van der Waals surface area contributed by atoms with Crippen molar-refractivity contribution in [3.8, 4) is 17.2 Å². The topological polar surface area (TPSA) is 88.5 Å². The van der Waals surface area contributed by atoms with Crippen molar-refractivity contribution in [1.29, 1.82) is 0 Å². The summed E-state index contributed by atoms with van der Waals surface area (Å²) in [6.07, 6.45) is 10.2. The van der Waals surface area contributed by atoms with Gasteiger partial charge in [0.25, 0.3) is 0 Å². The number of carboxylic acids is 1. The Kier molecular flexibility index (Phi) is 12.3. The molecule has 0 saturated carbocycles. The van der Waals surface area contributed by atoms with Crippen LogP contribution in [0.25, 0.3) is 0 Å². The van der Waals surface area contributed by atoms with Crippen LogP contribution in [0.15, 0.2) is 103 Å². The van der Waals surface area contributed by atoms with Gasteiger partial charge in [0.15, 0.2) is 0 Å². The molecule has 46 heavy (non-hydrogen) atoms. The Hall–Kier alpha value is -4.72. The van der Waals surface area contributed by atoms with E-state index in [-0.39, 0.29) is 18.5 Å². The molecule has 1 saturated heterocycles. The molecule has 1 fully saturated rings. The highest BCUT2D eigenvalue weighted by atomic mass is 16.5. The third-order valence-corrected chi connectivity index (χ3v) is 8.01. The first-order valence-corrected chi connectivity index (χ1v) is 16.1. The fourth-order valence-electron chi connectivity index (χ4n) is 5.47. The maximum absolute atomic E-state index is 13.0. The number of benzene rings is 3. The summed E-state index contributed by atoms with van der Waals surface area (Å²) in [4.78, 5) is 28.7. The number of hydrogen-bond donors (Lipinski definition) is 1. The SMILES string of the molecule is CC.CN1C(=O)N(Cc2cccc(OC3=CC=CCCC3)c2)CC1CCOc1ccc(C[C@](C)(Oc2ccccc2)C(=O)O)cc1. The molecular weight excluding hydrogens is 580 g/mol. The maximum atomic E-state index is 13.0. The summed E-state index contributed by atoms with van der Waals surface area (Å²) in [7, 11) is 1.84. The molecule has 0 spiro atoms. The second-order valence-electron chi connectivity index (χ2n) is 11.5. The van der Waals surface area contributed by atoms with Gasteiger partial charge in [0.1, 0.15) is 23.0 Å². The van der Waals surface area contributed by atoms with E-state index in [1.54, 1.807) is 24.0 Å². The molecule has 2 amide bonds. The first kappa shape index (κ1) is 34.2. The number of hydrogen-bond acceptors (Lipinski definition) is 5.